The molecule has 0 fully saturated rings. The van der Waals surface area contributed by atoms with E-state index in [1.165, 1.54) is 0 Å². The van der Waals surface area contributed by atoms with E-state index in [9.17, 15) is 9.59 Å². The van der Waals surface area contributed by atoms with Crippen molar-refractivity contribution in [1.29, 1.82) is 0 Å². The number of para-hydroxylation sites is 1. The van der Waals surface area contributed by atoms with Gasteiger partial charge in [0, 0.05) is 25.3 Å². The Hall–Kier alpha value is -2.83. The highest BCUT2D eigenvalue weighted by Crippen LogP contribution is 2.22. The van der Waals surface area contributed by atoms with E-state index in [1.54, 1.807) is 29.2 Å². The van der Waals surface area contributed by atoms with Gasteiger partial charge >= 0.3 is 6.03 Å². The van der Waals surface area contributed by atoms with Crippen LogP contribution in [-0.4, -0.2) is 35.7 Å². The van der Waals surface area contributed by atoms with Crippen molar-refractivity contribution in [3.63, 3.8) is 0 Å². The monoisotopic (exact) mass is 441 g/mol. The van der Waals surface area contributed by atoms with E-state index >= 15 is 0 Å². The first-order valence-electron chi connectivity index (χ1n) is 10.4. The van der Waals surface area contributed by atoms with E-state index in [2.05, 4.69) is 10.3 Å². The summed E-state index contributed by atoms with van der Waals surface area (Å²) in [7, 11) is 0. The molecule has 0 saturated heterocycles. The summed E-state index contributed by atoms with van der Waals surface area (Å²) >= 11 is 6.19. The number of aromatic amines is 1. The Morgan fingerprint density at radius 3 is 2.71 bits per heavy atom. The molecule has 1 heterocycles. The van der Waals surface area contributed by atoms with Crippen molar-refractivity contribution in [3.05, 3.63) is 74.5 Å². The number of carbonyl (C=O) groups is 1. The minimum absolute atomic E-state index is 0.181. The maximum atomic E-state index is 13.0. The van der Waals surface area contributed by atoms with Crippen LogP contribution in [0.2, 0.25) is 5.02 Å². The largest absolute Gasteiger partial charge is 0.382 e. The number of hydrogen-bond donors (Lipinski definition) is 2. The number of benzene rings is 2. The Labute approximate surface area is 187 Å². The minimum Gasteiger partial charge on any atom is -0.382 e. The number of nitrogens with one attached hydrogen (secondary N) is 2. The molecule has 2 aromatic carbocycles. The lowest BCUT2D eigenvalue weighted by molar-refractivity contribution is 0.134. The minimum atomic E-state index is -0.315. The highest BCUT2D eigenvalue weighted by atomic mass is 35.5. The number of rotatable bonds is 8. The highest BCUT2D eigenvalue weighted by Gasteiger charge is 2.17. The summed E-state index contributed by atoms with van der Waals surface area (Å²) in [5, 5.41) is 4.26. The molecule has 6 nitrogen and oxygen atoms in total. The lowest BCUT2D eigenvalue weighted by atomic mass is 10.1. The molecule has 0 atom stereocenters. The zero-order valence-corrected chi connectivity index (χ0v) is 18.9. The number of urea groups is 1. The van der Waals surface area contributed by atoms with E-state index in [1.807, 2.05) is 39.0 Å². The number of H-pyrrole nitrogens is 1. The van der Waals surface area contributed by atoms with E-state index in [0.29, 0.717) is 42.5 Å². The third-order valence-electron chi connectivity index (χ3n) is 5.05. The Kier molecular flexibility index (Phi) is 7.71. The van der Waals surface area contributed by atoms with Crippen LogP contribution < -0.4 is 10.9 Å². The van der Waals surface area contributed by atoms with Gasteiger partial charge in [-0.25, -0.2) is 4.79 Å². The number of amides is 2. The molecule has 164 valence electrons. The second-order valence-electron chi connectivity index (χ2n) is 7.55. The molecule has 3 aromatic rings. The van der Waals surface area contributed by atoms with Crippen molar-refractivity contribution >= 4 is 34.2 Å². The summed E-state index contributed by atoms with van der Waals surface area (Å²) in [6.07, 6.45) is 0.660. The van der Waals surface area contributed by atoms with E-state index in [-0.39, 0.29) is 18.1 Å². The SMILES string of the molecule is CCOCCCN(Cc1cc2cc(C)cc(C)c2[nH]c1=O)C(=O)Nc1ccccc1Cl. The zero-order valence-electron chi connectivity index (χ0n) is 18.1. The van der Waals surface area contributed by atoms with Crippen molar-refractivity contribution in [1.82, 2.24) is 9.88 Å². The van der Waals surface area contributed by atoms with E-state index < -0.39 is 0 Å². The molecule has 0 spiro atoms. The van der Waals surface area contributed by atoms with Gasteiger partial charge in [0.15, 0.2) is 0 Å². The molecule has 0 unspecified atom stereocenters. The maximum absolute atomic E-state index is 13.0. The van der Waals surface area contributed by atoms with E-state index in [4.69, 9.17) is 16.3 Å². The fraction of sp³-hybridized carbons (Fsp3) is 0.333. The van der Waals surface area contributed by atoms with Crippen molar-refractivity contribution in [2.45, 2.75) is 33.7 Å². The first kappa shape index (κ1) is 22.8. The molecule has 1 aromatic heterocycles. The van der Waals surface area contributed by atoms with Gasteiger partial charge in [-0.2, -0.15) is 0 Å². The number of aryl methyl sites for hydroxylation is 2. The Morgan fingerprint density at radius 1 is 1.19 bits per heavy atom. The quantitative estimate of drug-likeness (QED) is 0.468. The molecular formula is C24H28ClN3O3. The predicted molar refractivity (Wildman–Crippen MR) is 126 cm³/mol. The number of anilines is 1. The topological polar surface area (TPSA) is 74.4 Å². The second kappa shape index (κ2) is 10.5. The third-order valence-corrected chi connectivity index (χ3v) is 5.38. The Morgan fingerprint density at radius 2 is 1.97 bits per heavy atom. The van der Waals surface area contributed by atoms with Crippen LogP contribution in [0.1, 0.15) is 30.0 Å². The molecule has 0 bridgehead atoms. The molecule has 31 heavy (non-hydrogen) atoms. The van der Waals surface area contributed by atoms with Crippen molar-refractivity contribution < 1.29 is 9.53 Å². The van der Waals surface area contributed by atoms with Crippen LogP contribution in [0.4, 0.5) is 10.5 Å². The summed E-state index contributed by atoms with van der Waals surface area (Å²) < 4.78 is 5.41. The molecule has 0 saturated carbocycles. The maximum Gasteiger partial charge on any atom is 0.322 e. The summed E-state index contributed by atoms with van der Waals surface area (Å²) in [6.45, 7) is 7.71. The number of fused-ring (bicyclic) bond motifs is 1. The molecular weight excluding hydrogens is 414 g/mol. The number of hydrogen-bond acceptors (Lipinski definition) is 3. The van der Waals surface area contributed by atoms with Gasteiger partial charge < -0.3 is 19.9 Å². The molecule has 2 N–H and O–H groups in total. The smallest absolute Gasteiger partial charge is 0.322 e. The molecule has 0 radical (unpaired) electrons. The van der Waals surface area contributed by atoms with Gasteiger partial charge in [-0.1, -0.05) is 35.4 Å². The first-order valence-corrected chi connectivity index (χ1v) is 10.8. The van der Waals surface area contributed by atoms with Crippen LogP contribution in [0.15, 0.2) is 47.3 Å². The van der Waals surface area contributed by atoms with Gasteiger partial charge in [0.25, 0.3) is 5.56 Å². The van der Waals surface area contributed by atoms with Crippen molar-refractivity contribution in [2.75, 3.05) is 25.1 Å². The fourth-order valence-corrected chi connectivity index (χ4v) is 3.75. The zero-order chi connectivity index (χ0) is 22.4. The van der Waals surface area contributed by atoms with Crippen LogP contribution in [0, 0.1) is 13.8 Å². The second-order valence-corrected chi connectivity index (χ2v) is 7.96. The number of halogens is 1. The molecule has 0 aliphatic carbocycles. The van der Waals surface area contributed by atoms with Gasteiger partial charge in [-0.05, 0) is 62.4 Å². The van der Waals surface area contributed by atoms with Gasteiger partial charge in [-0.15, -0.1) is 0 Å². The lowest BCUT2D eigenvalue weighted by Crippen LogP contribution is -2.37. The van der Waals surface area contributed by atoms with Gasteiger partial charge in [0.1, 0.15) is 0 Å². The molecule has 7 heteroatoms. The average Bonchev–Trinajstić information content (AvgIpc) is 2.73. The molecule has 0 aliphatic heterocycles. The summed E-state index contributed by atoms with van der Waals surface area (Å²) in [6, 6.07) is 12.7. The Balaban J connectivity index is 1.87. The van der Waals surface area contributed by atoms with Gasteiger partial charge in [0.2, 0.25) is 0 Å². The predicted octanol–water partition coefficient (Wildman–Crippen LogP) is 5.26. The molecule has 0 aliphatic rings. The Bertz CT molecular complexity index is 1130. The fourth-order valence-electron chi connectivity index (χ4n) is 3.57. The van der Waals surface area contributed by atoms with Gasteiger partial charge in [0.05, 0.1) is 22.8 Å². The summed E-state index contributed by atoms with van der Waals surface area (Å²) in [5.74, 6) is 0. The molecule has 2 amide bonds. The van der Waals surface area contributed by atoms with E-state index in [0.717, 1.165) is 22.0 Å². The van der Waals surface area contributed by atoms with Crippen LogP contribution >= 0.6 is 11.6 Å². The van der Waals surface area contributed by atoms with Crippen molar-refractivity contribution in [3.8, 4) is 0 Å². The number of aromatic nitrogens is 1. The number of carbonyl (C=O) groups excluding carboxylic acids is 1. The summed E-state index contributed by atoms with van der Waals surface area (Å²) in [5.41, 5.74) is 3.82. The lowest BCUT2D eigenvalue weighted by Gasteiger charge is -2.23. The van der Waals surface area contributed by atoms with Crippen LogP contribution in [0.3, 0.4) is 0 Å². The average molecular weight is 442 g/mol. The normalized spacial score (nSPS) is 11.0. The van der Waals surface area contributed by atoms with Crippen LogP contribution in [-0.2, 0) is 11.3 Å². The van der Waals surface area contributed by atoms with Crippen LogP contribution in [0.5, 0.6) is 0 Å². The number of ether oxygens (including phenoxy) is 1. The van der Waals surface area contributed by atoms with Crippen LogP contribution in [0.25, 0.3) is 10.9 Å². The number of pyridine rings is 1. The number of nitrogens with zero attached hydrogens (tertiary/aromatic N) is 1. The summed E-state index contributed by atoms with van der Waals surface area (Å²) in [4.78, 5) is 30.4. The standard InChI is InChI=1S/C24H28ClN3O3/c1-4-31-11-7-10-28(24(30)26-21-9-6-5-8-20(21)25)15-19-14-18-13-16(2)12-17(3)22(18)27-23(19)29/h5-6,8-9,12-14H,4,7,10-11,15H2,1-3H3,(H,26,30)(H,27,29). The van der Waals surface area contributed by atoms with Gasteiger partial charge in [-0.3, -0.25) is 4.79 Å². The van der Waals surface area contributed by atoms with Crippen molar-refractivity contribution in [2.24, 2.45) is 0 Å². The highest BCUT2D eigenvalue weighted by molar-refractivity contribution is 6.33. The first-order chi connectivity index (χ1) is 14.9. The molecule has 3 rings (SSSR count). The third kappa shape index (κ3) is 5.87.